The number of halogens is 2. The van der Waals surface area contributed by atoms with Crippen LogP contribution >= 0.6 is 0 Å². The van der Waals surface area contributed by atoms with Crippen LogP contribution in [-0.4, -0.2) is 18.2 Å². The number of benzene rings is 2. The quantitative estimate of drug-likeness (QED) is 0.302. The van der Waals surface area contributed by atoms with E-state index in [9.17, 15) is 8.78 Å². The van der Waals surface area contributed by atoms with E-state index in [2.05, 4.69) is 24.0 Å². The molecule has 0 spiro atoms. The Morgan fingerprint density at radius 2 is 1.71 bits per heavy atom. The average molecular weight is 466 g/mol. The number of pyridine rings is 1. The lowest BCUT2D eigenvalue weighted by molar-refractivity contribution is 0.00232. The van der Waals surface area contributed by atoms with Gasteiger partial charge in [0.15, 0.2) is 11.6 Å². The highest BCUT2D eigenvalue weighted by molar-refractivity contribution is 5.65. The van der Waals surface area contributed by atoms with Crippen LogP contribution in [0.4, 0.5) is 8.78 Å². The Balaban J connectivity index is 1.36. The molecule has 0 N–H and O–H groups in total. The van der Waals surface area contributed by atoms with Crippen LogP contribution in [0.3, 0.4) is 0 Å². The molecule has 2 aromatic carbocycles. The maximum Gasteiger partial charge on any atom is 0.201 e. The number of hydrogen-bond donors (Lipinski definition) is 0. The van der Waals surface area contributed by atoms with Crippen molar-refractivity contribution in [1.82, 2.24) is 4.98 Å². The molecule has 1 saturated heterocycles. The second-order valence-electron chi connectivity index (χ2n) is 8.93. The molecule has 1 aliphatic rings. The summed E-state index contributed by atoms with van der Waals surface area (Å²) in [5.74, 6) is -1.55. The molecule has 3 aromatic rings. The Bertz CT molecular complexity index is 1060. The van der Waals surface area contributed by atoms with Gasteiger partial charge in [0.25, 0.3) is 0 Å². The molecule has 0 amide bonds. The predicted octanol–water partition coefficient (Wildman–Crippen LogP) is 7.79. The first kappa shape index (κ1) is 24.3. The monoisotopic (exact) mass is 465 g/mol. The van der Waals surface area contributed by atoms with E-state index in [0.717, 1.165) is 30.5 Å². The Morgan fingerprint density at radius 1 is 0.912 bits per heavy atom. The van der Waals surface area contributed by atoms with Crippen LogP contribution < -0.4 is 4.74 Å². The minimum absolute atomic E-state index is 0.00786. The van der Waals surface area contributed by atoms with Crippen molar-refractivity contribution in [3.8, 4) is 16.9 Å². The number of unbranched alkanes of at least 4 members (excludes halogenated alkanes) is 2. The Hall–Kier alpha value is -2.79. The Kier molecular flexibility index (Phi) is 8.28. The van der Waals surface area contributed by atoms with Crippen molar-refractivity contribution in [2.45, 2.75) is 64.4 Å². The summed E-state index contributed by atoms with van der Waals surface area (Å²) < 4.78 is 40.1. The molecule has 1 fully saturated rings. The Morgan fingerprint density at radius 3 is 2.35 bits per heavy atom. The molecule has 180 valence electrons. The summed E-state index contributed by atoms with van der Waals surface area (Å²) in [4.78, 5) is 4.65. The SMILES string of the molecule is CCCCCc1ccc(C2CCC(c3ccc(-c4ccc(OCC)c(F)c4F)cc3)OC2)cn1. The third kappa shape index (κ3) is 5.64. The van der Waals surface area contributed by atoms with E-state index in [4.69, 9.17) is 9.47 Å². The highest BCUT2D eigenvalue weighted by atomic mass is 19.2. The summed E-state index contributed by atoms with van der Waals surface area (Å²) in [6.07, 6.45) is 8.66. The zero-order valence-electron chi connectivity index (χ0n) is 20.0. The highest BCUT2D eigenvalue weighted by Gasteiger charge is 2.24. The molecular formula is C29H33F2NO2. The van der Waals surface area contributed by atoms with Gasteiger partial charge in [0, 0.05) is 23.4 Å². The first-order chi connectivity index (χ1) is 16.6. The molecule has 1 aromatic heterocycles. The van der Waals surface area contributed by atoms with Crippen LogP contribution in [-0.2, 0) is 11.2 Å². The lowest BCUT2D eigenvalue weighted by Crippen LogP contribution is -2.19. The van der Waals surface area contributed by atoms with E-state index in [1.165, 1.54) is 30.9 Å². The molecule has 2 heterocycles. The van der Waals surface area contributed by atoms with E-state index >= 15 is 0 Å². The Labute approximate surface area is 201 Å². The lowest BCUT2D eigenvalue weighted by Gasteiger charge is -2.29. The lowest BCUT2D eigenvalue weighted by atomic mass is 9.89. The zero-order chi connectivity index (χ0) is 23.9. The minimum atomic E-state index is -0.950. The van der Waals surface area contributed by atoms with Gasteiger partial charge in [-0.05, 0) is 67.5 Å². The van der Waals surface area contributed by atoms with Crippen molar-refractivity contribution in [3.05, 3.63) is 83.2 Å². The van der Waals surface area contributed by atoms with E-state index < -0.39 is 11.6 Å². The van der Waals surface area contributed by atoms with Gasteiger partial charge in [0.05, 0.1) is 19.3 Å². The van der Waals surface area contributed by atoms with Gasteiger partial charge in [-0.15, -0.1) is 0 Å². The summed E-state index contributed by atoms with van der Waals surface area (Å²) in [6, 6.07) is 14.9. The molecule has 0 bridgehead atoms. The number of aryl methyl sites for hydroxylation is 1. The molecule has 2 unspecified atom stereocenters. The van der Waals surface area contributed by atoms with E-state index in [0.29, 0.717) is 18.1 Å². The molecule has 2 atom stereocenters. The first-order valence-electron chi connectivity index (χ1n) is 12.4. The third-order valence-corrected chi connectivity index (χ3v) is 6.57. The van der Waals surface area contributed by atoms with Gasteiger partial charge in [-0.3, -0.25) is 4.98 Å². The highest BCUT2D eigenvalue weighted by Crippen LogP contribution is 2.36. The largest absolute Gasteiger partial charge is 0.491 e. The average Bonchev–Trinajstić information content (AvgIpc) is 2.88. The minimum Gasteiger partial charge on any atom is -0.491 e. The fourth-order valence-corrected chi connectivity index (χ4v) is 4.56. The molecule has 3 nitrogen and oxygen atoms in total. The van der Waals surface area contributed by atoms with Gasteiger partial charge in [0.1, 0.15) is 0 Å². The topological polar surface area (TPSA) is 31.4 Å². The standard InChI is InChI=1S/C29H33F2NO2/c1-3-5-6-7-24-14-12-22(18-32-24)23-13-16-26(34-19-23)21-10-8-20(9-11-21)25-15-17-27(33-4-2)29(31)28(25)30/h8-12,14-15,17-18,23,26H,3-7,13,16,19H2,1-2H3. The number of aromatic nitrogens is 1. The van der Waals surface area contributed by atoms with Gasteiger partial charge in [-0.2, -0.15) is 4.39 Å². The number of rotatable bonds is 9. The van der Waals surface area contributed by atoms with Crippen LogP contribution in [0.1, 0.15) is 74.8 Å². The summed E-state index contributed by atoms with van der Waals surface area (Å²) in [5, 5.41) is 0. The molecule has 34 heavy (non-hydrogen) atoms. The van der Waals surface area contributed by atoms with Gasteiger partial charge in [-0.25, -0.2) is 4.39 Å². The fourth-order valence-electron chi connectivity index (χ4n) is 4.56. The van der Waals surface area contributed by atoms with Gasteiger partial charge in [-0.1, -0.05) is 50.1 Å². The van der Waals surface area contributed by atoms with Gasteiger partial charge < -0.3 is 9.47 Å². The molecule has 0 saturated carbocycles. The molecular weight excluding hydrogens is 432 g/mol. The normalized spacial score (nSPS) is 18.1. The van der Waals surface area contributed by atoms with Crippen LogP contribution in [0.15, 0.2) is 54.7 Å². The molecule has 1 aliphatic heterocycles. The van der Waals surface area contributed by atoms with Crippen molar-refractivity contribution in [2.24, 2.45) is 0 Å². The van der Waals surface area contributed by atoms with Crippen LogP contribution in [0.5, 0.6) is 5.75 Å². The summed E-state index contributed by atoms with van der Waals surface area (Å²) in [6.45, 7) is 4.89. The molecule has 0 aliphatic carbocycles. The van der Waals surface area contributed by atoms with E-state index in [1.807, 2.05) is 30.5 Å². The predicted molar refractivity (Wildman–Crippen MR) is 131 cm³/mol. The van der Waals surface area contributed by atoms with Crippen molar-refractivity contribution in [1.29, 1.82) is 0 Å². The smallest absolute Gasteiger partial charge is 0.201 e. The van der Waals surface area contributed by atoms with Crippen LogP contribution in [0.25, 0.3) is 11.1 Å². The number of nitrogens with zero attached hydrogens (tertiary/aromatic N) is 1. The summed E-state index contributed by atoms with van der Waals surface area (Å²) >= 11 is 0. The summed E-state index contributed by atoms with van der Waals surface area (Å²) in [7, 11) is 0. The summed E-state index contributed by atoms with van der Waals surface area (Å²) in [5.41, 5.74) is 4.31. The van der Waals surface area contributed by atoms with Gasteiger partial charge >= 0.3 is 0 Å². The third-order valence-electron chi connectivity index (χ3n) is 6.57. The maximum atomic E-state index is 14.5. The van der Waals surface area contributed by atoms with Crippen molar-refractivity contribution in [3.63, 3.8) is 0 Å². The second kappa shape index (κ2) is 11.6. The molecule has 0 radical (unpaired) electrons. The first-order valence-corrected chi connectivity index (χ1v) is 12.4. The molecule has 5 heteroatoms. The number of hydrogen-bond acceptors (Lipinski definition) is 3. The molecule has 4 rings (SSSR count). The van der Waals surface area contributed by atoms with Crippen LogP contribution in [0, 0.1) is 11.6 Å². The van der Waals surface area contributed by atoms with Crippen molar-refractivity contribution < 1.29 is 18.3 Å². The zero-order valence-corrected chi connectivity index (χ0v) is 20.0. The maximum absolute atomic E-state index is 14.5. The van der Waals surface area contributed by atoms with Crippen LogP contribution in [0.2, 0.25) is 0 Å². The van der Waals surface area contributed by atoms with Crippen molar-refractivity contribution >= 4 is 0 Å². The van der Waals surface area contributed by atoms with E-state index in [1.54, 1.807) is 13.0 Å². The van der Waals surface area contributed by atoms with Gasteiger partial charge in [0.2, 0.25) is 5.82 Å². The second-order valence-corrected chi connectivity index (χ2v) is 8.93. The number of ether oxygens (including phenoxy) is 2. The fraction of sp³-hybridized carbons (Fsp3) is 0.414. The van der Waals surface area contributed by atoms with E-state index in [-0.39, 0.29) is 24.0 Å². The van der Waals surface area contributed by atoms with Crippen molar-refractivity contribution in [2.75, 3.05) is 13.2 Å².